The first-order valence-corrected chi connectivity index (χ1v) is 7.17. The van der Waals surface area contributed by atoms with Gasteiger partial charge in [0.15, 0.2) is 0 Å². The summed E-state index contributed by atoms with van der Waals surface area (Å²) in [4.78, 5) is 0. The van der Waals surface area contributed by atoms with E-state index in [4.69, 9.17) is 0 Å². The molecule has 1 aromatic rings. The summed E-state index contributed by atoms with van der Waals surface area (Å²) in [7, 11) is 0. The second kappa shape index (κ2) is 6.55. The molecule has 2 heteroatoms. The molecule has 0 fully saturated rings. The lowest BCUT2D eigenvalue weighted by molar-refractivity contribution is 0.320. The van der Waals surface area contributed by atoms with Crippen molar-refractivity contribution < 1.29 is 0 Å². The van der Waals surface area contributed by atoms with Crippen LogP contribution >= 0.6 is 15.9 Å². The monoisotopic (exact) mass is 297 g/mol. The molecule has 0 aliphatic carbocycles. The summed E-state index contributed by atoms with van der Waals surface area (Å²) in [6, 6.07) is 9.09. The summed E-state index contributed by atoms with van der Waals surface area (Å²) in [5.74, 6) is 0. The molecule has 0 atom stereocenters. The van der Waals surface area contributed by atoms with E-state index in [0.717, 1.165) is 13.0 Å². The molecule has 1 rings (SSSR count). The zero-order valence-corrected chi connectivity index (χ0v) is 13.0. The first kappa shape index (κ1) is 14.7. The first-order chi connectivity index (χ1) is 7.91. The predicted octanol–water partition coefficient (Wildman–Crippen LogP) is 4.41. The highest BCUT2D eigenvalue weighted by atomic mass is 79.9. The SMILES string of the molecule is CC(C)NCCC(C)(C)Cc1ccccc1Br. The summed E-state index contributed by atoms with van der Waals surface area (Å²) in [5.41, 5.74) is 1.74. The van der Waals surface area contributed by atoms with Crippen LogP contribution in [0.5, 0.6) is 0 Å². The lowest BCUT2D eigenvalue weighted by Gasteiger charge is -2.26. The quantitative estimate of drug-likeness (QED) is 0.820. The van der Waals surface area contributed by atoms with Crippen molar-refractivity contribution in [3.63, 3.8) is 0 Å². The van der Waals surface area contributed by atoms with Gasteiger partial charge in [0.25, 0.3) is 0 Å². The van der Waals surface area contributed by atoms with Crippen LogP contribution in [0.2, 0.25) is 0 Å². The summed E-state index contributed by atoms with van der Waals surface area (Å²) < 4.78 is 1.23. The van der Waals surface area contributed by atoms with E-state index in [0.29, 0.717) is 11.5 Å². The molecule has 0 saturated heterocycles. The molecule has 0 heterocycles. The predicted molar refractivity (Wildman–Crippen MR) is 79.4 cm³/mol. The van der Waals surface area contributed by atoms with Crippen LogP contribution < -0.4 is 5.32 Å². The van der Waals surface area contributed by atoms with Crippen molar-refractivity contribution in [2.45, 2.75) is 46.6 Å². The fourth-order valence-corrected chi connectivity index (χ4v) is 2.37. The Balaban J connectivity index is 2.51. The molecule has 0 unspecified atom stereocenters. The van der Waals surface area contributed by atoms with Gasteiger partial charge in [0.05, 0.1) is 0 Å². The average molecular weight is 298 g/mol. The van der Waals surface area contributed by atoms with Crippen molar-refractivity contribution in [1.82, 2.24) is 5.32 Å². The molecule has 1 nitrogen and oxygen atoms in total. The highest BCUT2D eigenvalue weighted by Gasteiger charge is 2.19. The molecule has 96 valence electrons. The van der Waals surface area contributed by atoms with E-state index in [1.54, 1.807) is 0 Å². The van der Waals surface area contributed by atoms with Crippen molar-refractivity contribution in [2.24, 2.45) is 5.41 Å². The lowest BCUT2D eigenvalue weighted by atomic mass is 9.82. The van der Waals surface area contributed by atoms with Crippen LogP contribution in [0, 0.1) is 5.41 Å². The van der Waals surface area contributed by atoms with E-state index in [9.17, 15) is 0 Å². The van der Waals surface area contributed by atoms with Crippen molar-refractivity contribution in [2.75, 3.05) is 6.54 Å². The molecule has 0 saturated carbocycles. The molecule has 1 aromatic carbocycles. The summed E-state index contributed by atoms with van der Waals surface area (Å²) in [6.45, 7) is 10.2. The van der Waals surface area contributed by atoms with Crippen LogP contribution in [0.1, 0.15) is 39.7 Å². The van der Waals surface area contributed by atoms with Crippen LogP contribution in [-0.4, -0.2) is 12.6 Å². The third-order valence-corrected chi connectivity index (χ3v) is 3.75. The van der Waals surface area contributed by atoms with Gasteiger partial charge in [-0.1, -0.05) is 61.8 Å². The smallest absolute Gasteiger partial charge is 0.0207 e. The highest BCUT2D eigenvalue weighted by Crippen LogP contribution is 2.29. The maximum atomic E-state index is 3.62. The summed E-state index contributed by atoms with van der Waals surface area (Å²) in [6.07, 6.45) is 2.32. The van der Waals surface area contributed by atoms with Gasteiger partial charge in [0.1, 0.15) is 0 Å². The fraction of sp³-hybridized carbons (Fsp3) is 0.600. The number of hydrogen-bond donors (Lipinski definition) is 1. The van der Waals surface area contributed by atoms with Crippen molar-refractivity contribution in [1.29, 1.82) is 0 Å². The zero-order chi connectivity index (χ0) is 12.9. The van der Waals surface area contributed by atoms with Gasteiger partial charge in [-0.15, -0.1) is 0 Å². The van der Waals surface area contributed by atoms with E-state index in [-0.39, 0.29) is 0 Å². The van der Waals surface area contributed by atoms with E-state index < -0.39 is 0 Å². The molecule has 0 aliphatic rings. The van der Waals surface area contributed by atoms with Gasteiger partial charge in [0, 0.05) is 10.5 Å². The Morgan fingerprint density at radius 2 is 1.88 bits per heavy atom. The molecule has 0 amide bonds. The second-order valence-corrected chi connectivity index (χ2v) is 6.65. The largest absolute Gasteiger partial charge is 0.315 e. The van der Waals surface area contributed by atoms with Crippen LogP contribution in [0.25, 0.3) is 0 Å². The van der Waals surface area contributed by atoms with E-state index in [2.05, 4.69) is 73.2 Å². The second-order valence-electron chi connectivity index (χ2n) is 5.79. The van der Waals surface area contributed by atoms with E-state index in [1.807, 2.05) is 0 Å². The molecule has 17 heavy (non-hydrogen) atoms. The minimum absolute atomic E-state index is 0.339. The molecule has 0 aromatic heterocycles. The van der Waals surface area contributed by atoms with Gasteiger partial charge in [-0.2, -0.15) is 0 Å². The normalized spacial score (nSPS) is 12.1. The van der Waals surface area contributed by atoms with Crippen molar-refractivity contribution >= 4 is 15.9 Å². The van der Waals surface area contributed by atoms with Gasteiger partial charge in [-0.05, 0) is 36.4 Å². The van der Waals surface area contributed by atoms with Crippen molar-refractivity contribution in [3.05, 3.63) is 34.3 Å². The molecule has 0 radical (unpaired) electrons. The van der Waals surface area contributed by atoms with Crippen LogP contribution in [0.3, 0.4) is 0 Å². The van der Waals surface area contributed by atoms with Crippen LogP contribution in [0.15, 0.2) is 28.7 Å². The number of halogens is 1. The zero-order valence-electron chi connectivity index (χ0n) is 11.4. The first-order valence-electron chi connectivity index (χ1n) is 6.37. The maximum absolute atomic E-state index is 3.62. The fourth-order valence-electron chi connectivity index (χ4n) is 1.94. The Labute approximate surface area is 114 Å². The number of hydrogen-bond acceptors (Lipinski definition) is 1. The number of rotatable bonds is 6. The third kappa shape index (κ3) is 5.69. The van der Waals surface area contributed by atoms with E-state index in [1.165, 1.54) is 16.5 Å². The molecular weight excluding hydrogens is 274 g/mol. The maximum Gasteiger partial charge on any atom is 0.0207 e. The summed E-state index contributed by atoms with van der Waals surface area (Å²) in [5, 5.41) is 3.49. The number of benzene rings is 1. The van der Waals surface area contributed by atoms with Gasteiger partial charge < -0.3 is 5.32 Å². The van der Waals surface area contributed by atoms with E-state index >= 15 is 0 Å². The topological polar surface area (TPSA) is 12.0 Å². The van der Waals surface area contributed by atoms with Gasteiger partial charge in [-0.3, -0.25) is 0 Å². The minimum Gasteiger partial charge on any atom is -0.315 e. The summed E-state index contributed by atoms with van der Waals surface area (Å²) >= 11 is 3.62. The third-order valence-electron chi connectivity index (χ3n) is 2.98. The Kier molecular flexibility index (Phi) is 5.68. The van der Waals surface area contributed by atoms with Crippen LogP contribution in [0.4, 0.5) is 0 Å². The van der Waals surface area contributed by atoms with Crippen molar-refractivity contribution in [3.8, 4) is 0 Å². The Hall–Kier alpha value is -0.340. The molecule has 0 spiro atoms. The molecule has 0 aliphatic heterocycles. The molecular formula is C15H24BrN. The number of nitrogens with one attached hydrogen (secondary N) is 1. The van der Waals surface area contributed by atoms with Gasteiger partial charge in [0.2, 0.25) is 0 Å². The highest BCUT2D eigenvalue weighted by molar-refractivity contribution is 9.10. The molecule has 0 bridgehead atoms. The van der Waals surface area contributed by atoms with Gasteiger partial charge >= 0.3 is 0 Å². The Morgan fingerprint density at radius 3 is 2.47 bits per heavy atom. The standard InChI is InChI=1S/C15H24BrN/c1-12(2)17-10-9-15(3,4)11-13-7-5-6-8-14(13)16/h5-8,12,17H,9-11H2,1-4H3. The Morgan fingerprint density at radius 1 is 1.24 bits per heavy atom. The molecule has 1 N–H and O–H groups in total. The average Bonchev–Trinajstić information content (AvgIpc) is 2.20. The minimum atomic E-state index is 0.339. The van der Waals surface area contributed by atoms with Gasteiger partial charge in [-0.25, -0.2) is 0 Å². The Bertz CT molecular complexity index is 345. The van der Waals surface area contributed by atoms with Crippen LogP contribution in [-0.2, 0) is 6.42 Å². The lowest BCUT2D eigenvalue weighted by Crippen LogP contribution is -2.28.